The van der Waals surface area contributed by atoms with Crippen LogP contribution in [0.3, 0.4) is 0 Å². The van der Waals surface area contributed by atoms with Crippen molar-refractivity contribution in [2.75, 3.05) is 18.4 Å². The molecule has 0 atom stereocenters. The lowest BCUT2D eigenvalue weighted by Gasteiger charge is -2.26. The number of halogens is 1. The normalized spacial score (nSPS) is 14.4. The van der Waals surface area contributed by atoms with Gasteiger partial charge in [-0.05, 0) is 36.3 Å². The Morgan fingerprint density at radius 1 is 1.23 bits per heavy atom. The SMILES string of the molecule is O=C(Nc1ccc(Cl)cc1)N1CC=C(c2cnccn2)CC1. The average Bonchev–Trinajstić information content (AvgIpc) is 2.58. The molecule has 0 fully saturated rings. The van der Waals surface area contributed by atoms with E-state index in [-0.39, 0.29) is 6.03 Å². The standard InChI is InChI=1S/C16H15ClN4O/c17-13-1-3-14(4-2-13)20-16(22)21-9-5-12(6-10-21)15-11-18-7-8-19-15/h1-5,7-8,11H,6,9-10H2,(H,20,22). The number of aromatic nitrogens is 2. The molecule has 2 aromatic rings. The van der Waals surface area contributed by atoms with Crippen LogP contribution in [0.25, 0.3) is 5.57 Å². The molecule has 1 aliphatic rings. The Morgan fingerprint density at radius 2 is 2.05 bits per heavy atom. The molecule has 1 N–H and O–H groups in total. The lowest BCUT2D eigenvalue weighted by molar-refractivity contribution is 0.217. The zero-order valence-electron chi connectivity index (χ0n) is 11.9. The first-order chi connectivity index (χ1) is 10.7. The van der Waals surface area contributed by atoms with Gasteiger partial charge in [-0.15, -0.1) is 0 Å². The number of urea groups is 1. The van der Waals surface area contributed by atoms with E-state index in [1.807, 2.05) is 6.08 Å². The number of hydrogen-bond acceptors (Lipinski definition) is 3. The molecule has 2 amide bonds. The minimum Gasteiger partial charge on any atom is -0.320 e. The van der Waals surface area contributed by atoms with Gasteiger partial charge in [0.2, 0.25) is 0 Å². The van der Waals surface area contributed by atoms with Crippen molar-refractivity contribution in [3.8, 4) is 0 Å². The number of carbonyl (C=O) groups excluding carboxylic acids is 1. The van der Waals surface area contributed by atoms with Crippen LogP contribution < -0.4 is 5.32 Å². The molecule has 6 heteroatoms. The Hall–Kier alpha value is -2.40. The van der Waals surface area contributed by atoms with Crippen molar-refractivity contribution < 1.29 is 4.79 Å². The number of amides is 2. The van der Waals surface area contributed by atoms with Crippen LogP contribution in [0.1, 0.15) is 12.1 Å². The Morgan fingerprint density at radius 3 is 2.68 bits per heavy atom. The molecule has 3 rings (SSSR count). The molecule has 0 bridgehead atoms. The van der Waals surface area contributed by atoms with Gasteiger partial charge in [-0.1, -0.05) is 17.7 Å². The van der Waals surface area contributed by atoms with Crippen LogP contribution in [0.4, 0.5) is 10.5 Å². The molecule has 112 valence electrons. The van der Waals surface area contributed by atoms with Crippen LogP contribution in [-0.4, -0.2) is 34.0 Å². The highest BCUT2D eigenvalue weighted by molar-refractivity contribution is 6.30. The lowest BCUT2D eigenvalue weighted by Crippen LogP contribution is -2.37. The van der Waals surface area contributed by atoms with Gasteiger partial charge < -0.3 is 10.2 Å². The molecule has 0 saturated heterocycles. The first kappa shape index (κ1) is 14.5. The highest BCUT2D eigenvalue weighted by Crippen LogP contribution is 2.20. The number of hydrogen-bond donors (Lipinski definition) is 1. The summed E-state index contributed by atoms with van der Waals surface area (Å²) in [6, 6.07) is 6.95. The molecule has 0 aliphatic carbocycles. The molecule has 0 unspecified atom stereocenters. The monoisotopic (exact) mass is 314 g/mol. The second-order valence-electron chi connectivity index (χ2n) is 4.95. The van der Waals surface area contributed by atoms with E-state index >= 15 is 0 Å². The number of nitrogens with zero attached hydrogens (tertiary/aromatic N) is 3. The van der Waals surface area contributed by atoms with E-state index < -0.39 is 0 Å². The van der Waals surface area contributed by atoms with E-state index in [9.17, 15) is 4.79 Å². The van der Waals surface area contributed by atoms with E-state index in [2.05, 4.69) is 15.3 Å². The summed E-state index contributed by atoms with van der Waals surface area (Å²) in [5.41, 5.74) is 2.74. The van der Waals surface area contributed by atoms with E-state index in [0.717, 1.165) is 23.4 Å². The smallest absolute Gasteiger partial charge is 0.320 e. The highest BCUT2D eigenvalue weighted by atomic mass is 35.5. The minimum atomic E-state index is -0.114. The highest BCUT2D eigenvalue weighted by Gasteiger charge is 2.18. The Balaban J connectivity index is 1.62. The van der Waals surface area contributed by atoms with Gasteiger partial charge in [-0.3, -0.25) is 9.97 Å². The van der Waals surface area contributed by atoms with Crippen LogP contribution in [0.5, 0.6) is 0 Å². The topological polar surface area (TPSA) is 58.1 Å². The number of nitrogens with one attached hydrogen (secondary N) is 1. The lowest BCUT2D eigenvalue weighted by atomic mass is 10.1. The van der Waals surface area contributed by atoms with Gasteiger partial charge in [0.25, 0.3) is 0 Å². The molecular formula is C16H15ClN4O. The van der Waals surface area contributed by atoms with Crippen molar-refractivity contribution in [3.05, 3.63) is 59.6 Å². The van der Waals surface area contributed by atoms with Gasteiger partial charge in [0, 0.05) is 36.2 Å². The van der Waals surface area contributed by atoms with Crippen molar-refractivity contribution >= 4 is 28.9 Å². The molecule has 0 spiro atoms. The third-order valence-corrected chi connectivity index (χ3v) is 3.74. The zero-order chi connectivity index (χ0) is 15.4. The van der Waals surface area contributed by atoms with E-state index in [1.165, 1.54) is 0 Å². The van der Waals surface area contributed by atoms with Crippen molar-refractivity contribution in [3.63, 3.8) is 0 Å². The summed E-state index contributed by atoms with van der Waals surface area (Å²) in [5.74, 6) is 0. The van der Waals surface area contributed by atoms with Crippen LogP contribution in [0, 0.1) is 0 Å². The third-order valence-electron chi connectivity index (χ3n) is 3.48. The number of carbonyl (C=O) groups is 1. The molecule has 1 aromatic carbocycles. The number of anilines is 1. The summed E-state index contributed by atoms with van der Waals surface area (Å²) in [4.78, 5) is 22.3. The van der Waals surface area contributed by atoms with Gasteiger partial charge in [0.1, 0.15) is 0 Å². The Kier molecular flexibility index (Phi) is 4.34. The summed E-state index contributed by atoms with van der Waals surface area (Å²) in [5, 5.41) is 3.51. The summed E-state index contributed by atoms with van der Waals surface area (Å²) >= 11 is 5.83. The van der Waals surface area contributed by atoms with Crippen molar-refractivity contribution in [2.24, 2.45) is 0 Å². The van der Waals surface area contributed by atoms with Gasteiger partial charge in [-0.2, -0.15) is 0 Å². The molecule has 22 heavy (non-hydrogen) atoms. The predicted molar refractivity (Wildman–Crippen MR) is 86.7 cm³/mol. The van der Waals surface area contributed by atoms with Crippen molar-refractivity contribution in [1.82, 2.24) is 14.9 Å². The molecule has 5 nitrogen and oxygen atoms in total. The van der Waals surface area contributed by atoms with Crippen molar-refractivity contribution in [2.45, 2.75) is 6.42 Å². The van der Waals surface area contributed by atoms with Gasteiger partial charge in [0.15, 0.2) is 0 Å². The second kappa shape index (κ2) is 6.58. The maximum Gasteiger partial charge on any atom is 0.322 e. The quantitative estimate of drug-likeness (QED) is 0.923. The predicted octanol–water partition coefficient (Wildman–Crippen LogP) is 3.45. The second-order valence-corrected chi connectivity index (χ2v) is 5.39. The largest absolute Gasteiger partial charge is 0.322 e. The Labute approximate surface area is 133 Å². The molecule has 2 heterocycles. The van der Waals surface area contributed by atoms with E-state index in [4.69, 9.17) is 11.6 Å². The number of rotatable bonds is 2. The molecular weight excluding hydrogens is 300 g/mol. The maximum atomic E-state index is 12.2. The van der Waals surface area contributed by atoms with Crippen LogP contribution >= 0.6 is 11.6 Å². The van der Waals surface area contributed by atoms with Gasteiger partial charge in [0.05, 0.1) is 11.9 Å². The first-order valence-corrected chi connectivity index (χ1v) is 7.37. The fourth-order valence-corrected chi connectivity index (χ4v) is 2.41. The maximum absolute atomic E-state index is 12.2. The first-order valence-electron chi connectivity index (χ1n) is 6.99. The van der Waals surface area contributed by atoms with Gasteiger partial charge in [-0.25, -0.2) is 4.79 Å². The fourth-order valence-electron chi connectivity index (χ4n) is 2.29. The molecule has 0 radical (unpaired) electrons. The van der Waals surface area contributed by atoms with Crippen molar-refractivity contribution in [1.29, 1.82) is 0 Å². The van der Waals surface area contributed by atoms with Crippen LogP contribution in [0.15, 0.2) is 48.9 Å². The number of benzene rings is 1. The summed E-state index contributed by atoms with van der Waals surface area (Å²) in [6.45, 7) is 1.22. The molecule has 1 aliphatic heterocycles. The fraction of sp³-hybridized carbons (Fsp3) is 0.188. The molecule has 1 aromatic heterocycles. The van der Waals surface area contributed by atoms with E-state index in [1.54, 1.807) is 47.8 Å². The third kappa shape index (κ3) is 3.43. The average molecular weight is 315 g/mol. The van der Waals surface area contributed by atoms with Crippen LogP contribution in [-0.2, 0) is 0 Å². The molecule has 0 saturated carbocycles. The van der Waals surface area contributed by atoms with E-state index in [0.29, 0.717) is 18.1 Å². The zero-order valence-corrected chi connectivity index (χ0v) is 12.6. The summed E-state index contributed by atoms with van der Waals surface area (Å²) in [7, 11) is 0. The Bertz CT molecular complexity index is 685. The van der Waals surface area contributed by atoms with Crippen LogP contribution in [0.2, 0.25) is 5.02 Å². The summed E-state index contributed by atoms with van der Waals surface area (Å²) < 4.78 is 0. The minimum absolute atomic E-state index is 0.114. The summed E-state index contributed by atoms with van der Waals surface area (Å²) in [6.07, 6.45) is 7.87. The van der Waals surface area contributed by atoms with Gasteiger partial charge >= 0.3 is 6.03 Å².